The Morgan fingerprint density at radius 1 is 1.29 bits per heavy atom. The molecule has 0 saturated heterocycles. The summed E-state index contributed by atoms with van der Waals surface area (Å²) in [5.41, 5.74) is 0.758. The fraction of sp³-hybridized carbons (Fsp3) is 0.417. The van der Waals surface area contributed by atoms with E-state index in [0.29, 0.717) is 12.1 Å². The molecule has 3 nitrogen and oxygen atoms in total. The van der Waals surface area contributed by atoms with Crippen LogP contribution >= 0.6 is 0 Å². The molecule has 1 rings (SSSR count). The summed E-state index contributed by atoms with van der Waals surface area (Å²) in [6, 6.07) is 2.62. The Kier molecular flexibility index (Phi) is 5.18. The highest BCUT2D eigenvalue weighted by Gasteiger charge is 2.06. The van der Waals surface area contributed by atoms with Crippen molar-refractivity contribution < 1.29 is 18.3 Å². The second kappa shape index (κ2) is 6.42. The number of benzene rings is 1. The number of rotatable bonds is 5. The van der Waals surface area contributed by atoms with Crippen LogP contribution in [0.5, 0.6) is 0 Å². The Labute approximate surface area is 99.1 Å². The first-order valence-electron chi connectivity index (χ1n) is 5.09. The van der Waals surface area contributed by atoms with Crippen molar-refractivity contribution in [2.75, 3.05) is 20.8 Å². The first-order chi connectivity index (χ1) is 8.08. The number of hydrogen-bond acceptors (Lipinski definition) is 3. The lowest BCUT2D eigenvalue weighted by Gasteiger charge is -2.09. The number of halogens is 2. The fourth-order valence-corrected chi connectivity index (χ4v) is 1.32. The van der Waals surface area contributed by atoms with Gasteiger partial charge in [0.25, 0.3) is 0 Å². The molecule has 0 fully saturated rings. The van der Waals surface area contributed by atoms with E-state index >= 15 is 0 Å². The summed E-state index contributed by atoms with van der Waals surface area (Å²) in [7, 11) is 3.01. The van der Waals surface area contributed by atoms with Gasteiger partial charge in [-0.1, -0.05) is 0 Å². The van der Waals surface area contributed by atoms with E-state index in [2.05, 4.69) is 4.99 Å². The van der Waals surface area contributed by atoms with Crippen molar-refractivity contribution >= 4 is 6.21 Å². The van der Waals surface area contributed by atoms with Gasteiger partial charge in [-0.2, -0.15) is 0 Å². The number of aliphatic imine (C=N–C) groups is 1. The van der Waals surface area contributed by atoms with Crippen molar-refractivity contribution in [3.63, 3.8) is 0 Å². The van der Waals surface area contributed by atoms with Crippen LogP contribution in [0.25, 0.3) is 0 Å². The molecular formula is C12H15F2NO2. The van der Waals surface area contributed by atoms with Crippen LogP contribution in [0.15, 0.2) is 17.1 Å². The van der Waals surface area contributed by atoms with Crippen LogP contribution < -0.4 is 0 Å². The minimum absolute atomic E-state index is 0.251. The average molecular weight is 243 g/mol. The van der Waals surface area contributed by atoms with Crippen LogP contribution in [0.4, 0.5) is 8.78 Å². The zero-order valence-corrected chi connectivity index (χ0v) is 10.0. The highest BCUT2D eigenvalue weighted by atomic mass is 19.2. The molecule has 0 atom stereocenters. The van der Waals surface area contributed by atoms with Crippen molar-refractivity contribution in [3.05, 3.63) is 34.9 Å². The van der Waals surface area contributed by atoms with Gasteiger partial charge in [-0.05, 0) is 30.2 Å². The summed E-state index contributed by atoms with van der Waals surface area (Å²) in [6.07, 6.45) is 1.03. The Morgan fingerprint density at radius 2 is 1.94 bits per heavy atom. The van der Waals surface area contributed by atoms with Crippen LogP contribution in [0.3, 0.4) is 0 Å². The Balaban J connectivity index is 2.72. The number of methoxy groups -OCH3 is 2. The first-order valence-corrected chi connectivity index (χ1v) is 5.09. The largest absolute Gasteiger partial charge is 0.354 e. The van der Waals surface area contributed by atoms with Gasteiger partial charge in [0.1, 0.15) is 0 Å². The Bertz CT molecular complexity index is 380. The Hall–Kier alpha value is -1.33. The summed E-state index contributed by atoms with van der Waals surface area (Å²) in [5, 5.41) is 0. The van der Waals surface area contributed by atoms with Crippen molar-refractivity contribution in [1.29, 1.82) is 0 Å². The minimum Gasteiger partial charge on any atom is -0.354 e. The van der Waals surface area contributed by atoms with Gasteiger partial charge in [0, 0.05) is 20.4 Å². The molecule has 0 aliphatic rings. The van der Waals surface area contributed by atoms with Gasteiger partial charge < -0.3 is 9.47 Å². The van der Waals surface area contributed by atoms with E-state index in [0.717, 1.165) is 6.07 Å². The van der Waals surface area contributed by atoms with E-state index in [1.165, 1.54) is 33.4 Å². The van der Waals surface area contributed by atoms with Crippen LogP contribution in [-0.2, 0) is 9.47 Å². The molecule has 1 aromatic rings. The van der Waals surface area contributed by atoms with Crippen molar-refractivity contribution in [1.82, 2.24) is 0 Å². The molecule has 0 amide bonds. The molecule has 0 N–H and O–H groups in total. The molecule has 0 aliphatic heterocycles. The van der Waals surface area contributed by atoms with Crippen LogP contribution in [0.1, 0.15) is 11.1 Å². The topological polar surface area (TPSA) is 30.8 Å². The van der Waals surface area contributed by atoms with E-state index in [1.807, 2.05) is 0 Å². The molecule has 94 valence electrons. The highest BCUT2D eigenvalue weighted by Crippen LogP contribution is 2.12. The number of nitrogens with zero attached hydrogens (tertiary/aromatic N) is 1. The predicted octanol–water partition coefficient (Wildman–Crippen LogP) is 2.31. The van der Waals surface area contributed by atoms with Crippen molar-refractivity contribution in [2.24, 2.45) is 4.99 Å². The van der Waals surface area contributed by atoms with E-state index in [9.17, 15) is 8.78 Å². The first kappa shape index (κ1) is 13.7. The third-order valence-corrected chi connectivity index (χ3v) is 2.25. The number of aryl methyl sites for hydroxylation is 1. The molecule has 5 heteroatoms. The second-order valence-electron chi connectivity index (χ2n) is 3.53. The third kappa shape index (κ3) is 3.87. The van der Waals surface area contributed by atoms with Gasteiger partial charge in [0.05, 0.1) is 6.54 Å². The SMILES string of the molecule is COC(C/N=C/c1cc(C)c(F)c(F)c1)OC. The smallest absolute Gasteiger partial charge is 0.176 e. The molecule has 17 heavy (non-hydrogen) atoms. The van der Waals surface area contributed by atoms with Crippen molar-refractivity contribution in [2.45, 2.75) is 13.2 Å². The van der Waals surface area contributed by atoms with Gasteiger partial charge >= 0.3 is 0 Å². The summed E-state index contributed by atoms with van der Waals surface area (Å²) < 4.78 is 36.0. The molecule has 1 aromatic carbocycles. The summed E-state index contributed by atoms with van der Waals surface area (Å²) >= 11 is 0. The van der Waals surface area contributed by atoms with Crippen LogP contribution in [0, 0.1) is 18.6 Å². The average Bonchev–Trinajstić information content (AvgIpc) is 2.31. The lowest BCUT2D eigenvalue weighted by Crippen LogP contribution is -2.16. The number of ether oxygens (including phenoxy) is 2. The third-order valence-electron chi connectivity index (χ3n) is 2.25. The monoisotopic (exact) mass is 243 g/mol. The van der Waals surface area contributed by atoms with Gasteiger partial charge in [-0.25, -0.2) is 8.78 Å². The molecule has 0 saturated carbocycles. The highest BCUT2D eigenvalue weighted by molar-refractivity contribution is 5.79. The molecule has 0 spiro atoms. The standard InChI is InChI=1S/C12H15F2NO2/c1-8-4-9(5-10(13)12(8)14)6-15-7-11(16-2)17-3/h4-6,11H,7H2,1-3H3/b15-6+. The molecule has 0 aromatic heterocycles. The molecular weight excluding hydrogens is 228 g/mol. The zero-order valence-electron chi connectivity index (χ0n) is 10.0. The second-order valence-corrected chi connectivity index (χ2v) is 3.53. The van der Waals surface area contributed by atoms with E-state index in [-0.39, 0.29) is 5.56 Å². The summed E-state index contributed by atoms with van der Waals surface area (Å²) in [5.74, 6) is -1.70. The molecule has 0 radical (unpaired) electrons. The van der Waals surface area contributed by atoms with Gasteiger partial charge in [-0.15, -0.1) is 0 Å². The van der Waals surface area contributed by atoms with Gasteiger partial charge in [-0.3, -0.25) is 4.99 Å². The van der Waals surface area contributed by atoms with Crippen molar-refractivity contribution in [3.8, 4) is 0 Å². The van der Waals surface area contributed by atoms with Gasteiger partial charge in [0.15, 0.2) is 17.9 Å². The van der Waals surface area contributed by atoms with Crippen LogP contribution in [0.2, 0.25) is 0 Å². The zero-order chi connectivity index (χ0) is 12.8. The molecule has 0 aliphatic carbocycles. The lowest BCUT2D eigenvalue weighted by atomic mass is 10.1. The molecule has 0 heterocycles. The summed E-state index contributed by atoms with van der Waals surface area (Å²) in [4.78, 5) is 4.03. The fourth-order valence-electron chi connectivity index (χ4n) is 1.32. The lowest BCUT2D eigenvalue weighted by molar-refractivity contribution is -0.0936. The van der Waals surface area contributed by atoms with E-state index in [1.54, 1.807) is 0 Å². The predicted molar refractivity (Wildman–Crippen MR) is 61.4 cm³/mol. The maximum atomic E-state index is 13.1. The van der Waals surface area contributed by atoms with Crippen LogP contribution in [-0.4, -0.2) is 33.3 Å². The number of hydrogen-bond donors (Lipinski definition) is 0. The summed E-state index contributed by atoms with van der Waals surface area (Å²) in [6.45, 7) is 1.80. The van der Waals surface area contributed by atoms with E-state index in [4.69, 9.17) is 9.47 Å². The normalized spacial score (nSPS) is 11.6. The maximum Gasteiger partial charge on any atom is 0.176 e. The maximum absolute atomic E-state index is 13.1. The quantitative estimate of drug-likeness (QED) is 0.587. The minimum atomic E-state index is -0.874. The molecule has 0 bridgehead atoms. The van der Waals surface area contributed by atoms with E-state index < -0.39 is 17.9 Å². The Morgan fingerprint density at radius 3 is 2.47 bits per heavy atom. The molecule has 0 unspecified atom stereocenters. The van der Waals surface area contributed by atoms with Gasteiger partial charge in [0.2, 0.25) is 0 Å².